The minimum atomic E-state index is -4.03. The number of aryl methyl sites for hydroxylation is 2. The summed E-state index contributed by atoms with van der Waals surface area (Å²) < 4.78 is 36.0. The van der Waals surface area contributed by atoms with Crippen molar-refractivity contribution in [3.05, 3.63) is 52.0 Å². The van der Waals surface area contributed by atoms with Gasteiger partial charge in [-0.15, -0.1) is 0 Å². The zero-order chi connectivity index (χ0) is 18.1. The largest absolute Gasteiger partial charge is 0.495 e. The topological polar surface area (TPSA) is 52.6 Å². The number of hydrogen-bond donors (Lipinski definition) is 0. The summed E-state index contributed by atoms with van der Waals surface area (Å²) in [4.78, 5) is 0.0203. The lowest BCUT2D eigenvalue weighted by molar-refractivity contribution is 0.397. The van der Waals surface area contributed by atoms with Crippen LogP contribution in [0, 0.1) is 13.8 Å². The molecule has 0 aromatic heterocycles. The number of ether oxygens (including phenoxy) is 1. The molecule has 0 amide bonds. The Balaban J connectivity index is 2.51. The van der Waals surface area contributed by atoms with Crippen LogP contribution in [0.25, 0.3) is 0 Å². The van der Waals surface area contributed by atoms with E-state index >= 15 is 0 Å². The molecule has 0 aliphatic heterocycles. The Morgan fingerprint density at radius 2 is 1.71 bits per heavy atom. The molecule has 6 heteroatoms. The molecule has 0 heterocycles. The van der Waals surface area contributed by atoms with Gasteiger partial charge in [0.05, 0.1) is 7.11 Å². The van der Waals surface area contributed by atoms with Gasteiger partial charge in [-0.3, -0.25) is 0 Å². The molecule has 4 nitrogen and oxygen atoms in total. The predicted octanol–water partition coefficient (Wildman–Crippen LogP) is 4.86. The Morgan fingerprint density at radius 3 is 2.25 bits per heavy atom. The fourth-order valence-electron chi connectivity index (χ4n) is 2.49. The number of rotatable bonds is 5. The molecule has 0 saturated carbocycles. The number of methoxy groups -OCH3 is 1. The smallest absolute Gasteiger partial charge is 0.342 e. The van der Waals surface area contributed by atoms with Gasteiger partial charge < -0.3 is 8.92 Å². The highest BCUT2D eigenvalue weighted by atomic mass is 35.5. The summed E-state index contributed by atoms with van der Waals surface area (Å²) in [5, 5.41) is 0.551. The van der Waals surface area contributed by atoms with Gasteiger partial charge in [0, 0.05) is 5.02 Å². The summed E-state index contributed by atoms with van der Waals surface area (Å²) >= 11 is 5.96. The van der Waals surface area contributed by atoms with Gasteiger partial charge in [-0.2, -0.15) is 8.42 Å². The number of halogens is 1. The zero-order valence-electron chi connectivity index (χ0n) is 14.4. The monoisotopic (exact) mass is 368 g/mol. The van der Waals surface area contributed by atoms with Crippen molar-refractivity contribution in [3.63, 3.8) is 0 Å². The van der Waals surface area contributed by atoms with Gasteiger partial charge in [-0.1, -0.05) is 25.4 Å². The Morgan fingerprint density at radius 1 is 1.04 bits per heavy atom. The highest BCUT2D eigenvalue weighted by Crippen LogP contribution is 2.33. The zero-order valence-corrected chi connectivity index (χ0v) is 16.0. The van der Waals surface area contributed by atoms with Crippen molar-refractivity contribution in [2.45, 2.75) is 38.5 Å². The molecular weight excluding hydrogens is 348 g/mol. The maximum absolute atomic E-state index is 12.7. The normalized spacial score (nSPS) is 11.6. The van der Waals surface area contributed by atoms with Crippen LogP contribution in [0.4, 0.5) is 0 Å². The molecule has 2 aromatic carbocycles. The van der Waals surface area contributed by atoms with E-state index < -0.39 is 10.1 Å². The van der Waals surface area contributed by atoms with Crippen LogP contribution in [0.3, 0.4) is 0 Å². The van der Waals surface area contributed by atoms with Crippen molar-refractivity contribution in [3.8, 4) is 11.5 Å². The molecule has 24 heavy (non-hydrogen) atoms. The summed E-state index contributed by atoms with van der Waals surface area (Å²) in [7, 11) is -2.59. The summed E-state index contributed by atoms with van der Waals surface area (Å²) in [6.07, 6.45) is 0. The molecule has 0 atom stereocenters. The first kappa shape index (κ1) is 18.6. The lowest BCUT2D eigenvalue weighted by atomic mass is 9.98. The molecule has 0 spiro atoms. The van der Waals surface area contributed by atoms with E-state index in [2.05, 4.69) is 0 Å². The van der Waals surface area contributed by atoms with Crippen molar-refractivity contribution >= 4 is 21.7 Å². The molecule has 0 aliphatic carbocycles. The van der Waals surface area contributed by atoms with Gasteiger partial charge in [-0.05, 0) is 66.8 Å². The molecule has 130 valence electrons. The number of benzene rings is 2. The first-order chi connectivity index (χ1) is 11.2. The van der Waals surface area contributed by atoms with Gasteiger partial charge in [0.2, 0.25) is 0 Å². The standard InChI is InChI=1S/C18H21ClO4S/c1-11(2)15-10-18(17(22-5)9-12(15)3)24(20,21)23-14-6-7-16(19)13(4)8-14/h6-11H,1-5H3. The summed E-state index contributed by atoms with van der Waals surface area (Å²) in [5.41, 5.74) is 2.65. The predicted molar refractivity (Wildman–Crippen MR) is 95.8 cm³/mol. The summed E-state index contributed by atoms with van der Waals surface area (Å²) in [6, 6.07) is 8.06. The van der Waals surface area contributed by atoms with E-state index in [9.17, 15) is 8.42 Å². The molecule has 0 bridgehead atoms. The maximum atomic E-state index is 12.7. The molecule has 0 saturated heterocycles. The minimum absolute atomic E-state index is 0.0203. The molecular formula is C18H21ClO4S. The van der Waals surface area contributed by atoms with Crippen LogP contribution in [0.15, 0.2) is 35.2 Å². The van der Waals surface area contributed by atoms with Crippen molar-refractivity contribution in [1.29, 1.82) is 0 Å². The third-order valence-corrected chi connectivity index (χ3v) is 5.47. The Labute approximate surface area is 148 Å². The van der Waals surface area contributed by atoms with E-state index in [0.29, 0.717) is 5.02 Å². The van der Waals surface area contributed by atoms with E-state index in [-0.39, 0.29) is 22.3 Å². The molecule has 0 N–H and O–H groups in total. The van der Waals surface area contributed by atoms with E-state index in [0.717, 1.165) is 16.7 Å². The van der Waals surface area contributed by atoms with Crippen LogP contribution in [-0.4, -0.2) is 15.5 Å². The van der Waals surface area contributed by atoms with Crippen LogP contribution in [-0.2, 0) is 10.1 Å². The molecule has 2 aromatic rings. The molecule has 0 fully saturated rings. The second-order valence-electron chi connectivity index (χ2n) is 5.96. The average molecular weight is 369 g/mol. The fourth-order valence-corrected chi connectivity index (χ4v) is 3.72. The molecule has 2 rings (SSSR count). The van der Waals surface area contributed by atoms with Gasteiger partial charge in [-0.25, -0.2) is 0 Å². The lowest BCUT2D eigenvalue weighted by Crippen LogP contribution is -2.12. The summed E-state index contributed by atoms with van der Waals surface area (Å²) in [6.45, 7) is 7.73. The molecule has 0 radical (unpaired) electrons. The minimum Gasteiger partial charge on any atom is -0.495 e. The van der Waals surface area contributed by atoms with E-state index in [1.165, 1.54) is 13.2 Å². The molecule has 0 aliphatic rings. The van der Waals surface area contributed by atoms with Gasteiger partial charge in [0.15, 0.2) is 0 Å². The van der Waals surface area contributed by atoms with E-state index in [1.807, 2.05) is 20.8 Å². The van der Waals surface area contributed by atoms with Crippen LogP contribution in [0.5, 0.6) is 11.5 Å². The van der Waals surface area contributed by atoms with Gasteiger partial charge in [0.25, 0.3) is 0 Å². The third kappa shape index (κ3) is 3.84. The van der Waals surface area contributed by atoms with Crippen molar-refractivity contribution in [2.75, 3.05) is 7.11 Å². The quantitative estimate of drug-likeness (QED) is 0.707. The first-order valence-electron chi connectivity index (χ1n) is 7.55. The lowest BCUT2D eigenvalue weighted by Gasteiger charge is -2.16. The second-order valence-corrected chi connectivity index (χ2v) is 7.88. The van der Waals surface area contributed by atoms with Gasteiger partial charge in [0.1, 0.15) is 16.4 Å². The summed E-state index contributed by atoms with van der Waals surface area (Å²) in [5.74, 6) is 0.663. The third-order valence-electron chi connectivity index (χ3n) is 3.78. The number of hydrogen-bond acceptors (Lipinski definition) is 4. The van der Waals surface area contributed by atoms with Crippen LogP contribution in [0.1, 0.15) is 36.5 Å². The van der Waals surface area contributed by atoms with Crippen molar-refractivity contribution in [1.82, 2.24) is 0 Å². The van der Waals surface area contributed by atoms with Crippen LogP contribution >= 0.6 is 11.6 Å². The fraction of sp³-hybridized carbons (Fsp3) is 0.333. The SMILES string of the molecule is COc1cc(C)c(C(C)C)cc1S(=O)(=O)Oc1ccc(Cl)c(C)c1. The van der Waals surface area contributed by atoms with Crippen LogP contribution in [0.2, 0.25) is 5.02 Å². The van der Waals surface area contributed by atoms with E-state index in [1.54, 1.807) is 31.2 Å². The Hall–Kier alpha value is -1.72. The average Bonchev–Trinajstić information content (AvgIpc) is 2.49. The Kier molecular flexibility index (Phi) is 5.45. The van der Waals surface area contributed by atoms with Crippen LogP contribution < -0.4 is 8.92 Å². The van der Waals surface area contributed by atoms with Crippen molar-refractivity contribution in [2.24, 2.45) is 0 Å². The highest BCUT2D eigenvalue weighted by Gasteiger charge is 2.24. The first-order valence-corrected chi connectivity index (χ1v) is 9.33. The van der Waals surface area contributed by atoms with Crippen molar-refractivity contribution < 1.29 is 17.3 Å². The Bertz CT molecular complexity index is 858. The second kappa shape index (κ2) is 7.03. The highest BCUT2D eigenvalue weighted by molar-refractivity contribution is 7.87. The maximum Gasteiger partial charge on any atom is 0.342 e. The molecule has 0 unspecified atom stereocenters. The van der Waals surface area contributed by atoms with E-state index in [4.69, 9.17) is 20.5 Å². The van der Waals surface area contributed by atoms with Gasteiger partial charge >= 0.3 is 10.1 Å².